The Kier molecular flexibility index (Phi) is 7.38. The lowest BCUT2D eigenvalue weighted by Gasteiger charge is -2.44. The Morgan fingerprint density at radius 3 is 2.34 bits per heavy atom. The number of amides is 3. The summed E-state index contributed by atoms with van der Waals surface area (Å²) in [7, 11) is 0. The van der Waals surface area contributed by atoms with Gasteiger partial charge in [0.15, 0.2) is 0 Å². The van der Waals surface area contributed by atoms with Crippen molar-refractivity contribution in [2.75, 3.05) is 43.6 Å². The summed E-state index contributed by atoms with van der Waals surface area (Å²) in [6.45, 7) is 9.73. The van der Waals surface area contributed by atoms with Crippen LogP contribution in [0.1, 0.15) is 40.5 Å². The van der Waals surface area contributed by atoms with Gasteiger partial charge >= 0.3 is 0 Å². The molecule has 2 aliphatic heterocycles. The molecule has 1 spiro atoms. The zero-order chi connectivity index (χ0) is 23.5. The molecule has 8 heteroatoms. The van der Waals surface area contributed by atoms with Crippen LogP contribution in [0.25, 0.3) is 0 Å². The Morgan fingerprint density at radius 2 is 1.78 bits per heavy atom. The second-order valence-electron chi connectivity index (χ2n) is 9.95. The predicted octanol–water partition coefficient (Wildman–Crippen LogP) is 2.69. The number of rotatable bonds is 7. The largest absolute Gasteiger partial charge is 0.354 e. The van der Waals surface area contributed by atoms with Gasteiger partial charge in [-0.25, -0.2) is 0 Å². The van der Waals surface area contributed by atoms with E-state index in [1.54, 1.807) is 4.90 Å². The minimum atomic E-state index is -0.748. The smallest absolute Gasteiger partial charge is 0.250 e. The molecular formula is C24H35ClN4O3. The van der Waals surface area contributed by atoms with Gasteiger partial charge in [0.25, 0.3) is 5.91 Å². The lowest BCUT2D eigenvalue weighted by Crippen LogP contribution is -2.58. The highest BCUT2D eigenvalue weighted by atomic mass is 35.5. The normalized spacial score (nSPS) is 18.6. The number of para-hydroxylation sites is 1. The molecule has 2 heterocycles. The molecule has 0 aliphatic carbocycles. The number of carbonyl (C=O) groups excluding carboxylic acids is 3. The van der Waals surface area contributed by atoms with Crippen molar-refractivity contribution in [1.82, 2.24) is 15.1 Å². The van der Waals surface area contributed by atoms with Gasteiger partial charge < -0.3 is 20.0 Å². The number of likely N-dealkylation sites (tertiary alicyclic amines) is 1. The third-order valence-corrected chi connectivity index (χ3v) is 7.08. The van der Waals surface area contributed by atoms with E-state index < -0.39 is 11.0 Å². The van der Waals surface area contributed by atoms with E-state index in [-0.39, 0.29) is 30.1 Å². The second kappa shape index (κ2) is 9.69. The maximum absolute atomic E-state index is 13.6. The van der Waals surface area contributed by atoms with Crippen molar-refractivity contribution in [3.05, 3.63) is 30.3 Å². The topological polar surface area (TPSA) is 73.0 Å². The summed E-state index contributed by atoms with van der Waals surface area (Å²) >= 11 is 6.01. The molecule has 0 unspecified atom stereocenters. The highest BCUT2D eigenvalue weighted by Crippen LogP contribution is 2.40. The number of halogens is 1. The average molecular weight is 463 g/mol. The molecule has 176 valence electrons. The first kappa shape index (κ1) is 24.4. The maximum Gasteiger partial charge on any atom is 0.250 e. The molecule has 1 N–H and O–H groups in total. The van der Waals surface area contributed by atoms with Gasteiger partial charge in [-0.15, -0.1) is 11.6 Å². The molecule has 1 aromatic rings. The molecule has 2 aliphatic rings. The Balaban J connectivity index is 1.80. The summed E-state index contributed by atoms with van der Waals surface area (Å²) in [6.07, 6.45) is 1.05. The number of carbonyl (C=O) groups is 3. The van der Waals surface area contributed by atoms with Gasteiger partial charge in [-0.3, -0.25) is 14.4 Å². The lowest BCUT2D eigenvalue weighted by atomic mass is 9.84. The highest BCUT2D eigenvalue weighted by molar-refractivity contribution is 6.19. The average Bonchev–Trinajstić information content (AvgIpc) is 3.04. The van der Waals surface area contributed by atoms with E-state index in [2.05, 4.69) is 10.2 Å². The highest BCUT2D eigenvalue weighted by Gasteiger charge is 2.54. The van der Waals surface area contributed by atoms with E-state index in [0.717, 1.165) is 5.69 Å². The zero-order valence-corrected chi connectivity index (χ0v) is 20.3. The van der Waals surface area contributed by atoms with Gasteiger partial charge in [-0.2, -0.15) is 0 Å². The summed E-state index contributed by atoms with van der Waals surface area (Å²) in [5, 5.41) is 2.90. The van der Waals surface area contributed by atoms with Crippen LogP contribution < -0.4 is 10.2 Å². The van der Waals surface area contributed by atoms with Crippen molar-refractivity contribution in [2.24, 2.45) is 11.3 Å². The number of hydrogen-bond acceptors (Lipinski definition) is 4. The van der Waals surface area contributed by atoms with Crippen LogP contribution in [0, 0.1) is 11.3 Å². The number of nitrogens with one attached hydrogen (secondary N) is 1. The summed E-state index contributed by atoms with van der Waals surface area (Å²) in [4.78, 5) is 44.6. The molecule has 3 amide bonds. The Morgan fingerprint density at radius 1 is 1.16 bits per heavy atom. The van der Waals surface area contributed by atoms with Crippen LogP contribution in [0.4, 0.5) is 5.69 Å². The van der Waals surface area contributed by atoms with Crippen molar-refractivity contribution in [2.45, 2.75) is 46.1 Å². The van der Waals surface area contributed by atoms with Crippen molar-refractivity contribution in [3.8, 4) is 0 Å². The molecule has 2 fully saturated rings. The molecule has 0 aromatic heterocycles. The number of alkyl halides is 1. The fourth-order valence-electron chi connectivity index (χ4n) is 4.43. The van der Waals surface area contributed by atoms with Gasteiger partial charge in [0, 0.05) is 31.2 Å². The fraction of sp³-hybridized carbons (Fsp3) is 0.625. The molecule has 3 rings (SSSR count). The van der Waals surface area contributed by atoms with E-state index in [1.165, 1.54) is 0 Å². The number of piperidine rings is 1. The lowest BCUT2D eigenvalue weighted by molar-refractivity contribution is -0.144. The van der Waals surface area contributed by atoms with E-state index >= 15 is 0 Å². The molecule has 1 aromatic carbocycles. The summed E-state index contributed by atoms with van der Waals surface area (Å²) < 4.78 is 0. The molecule has 0 saturated carbocycles. The zero-order valence-electron chi connectivity index (χ0n) is 19.6. The monoisotopic (exact) mass is 462 g/mol. The van der Waals surface area contributed by atoms with Gasteiger partial charge in [0.1, 0.15) is 12.1 Å². The quantitative estimate of drug-likeness (QED) is 0.632. The second-order valence-corrected chi connectivity index (χ2v) is 10.2. The molecular weight excluding hydrogens is 428 g/mol. The molecule has 7 nitrogen and oxygen atoms in total. The minimum Gasteiger partial charge on any atom is -0.354 e. The van der Waals surface area contributed by atoms with E-state index in [9.17, 15) is 14.4 Å². The van der Waals surface area contributed by atoms with Gasteiger partial charge in [0.2, 0.25) is 11.8 Å². The summed E-state index contributed by atoms with van der Waals surface area (Å²) in [6, 6.07) is 9.83. The Labute approximate surface area is 196 Å². The Hall–Kier alpha value is -2.28. The van der Waals surface area contributed by atoms with Crippen LogP contribution in [-0.2, 0) is 14.4 Å². The van der Waals surface area contributed by atoms with Crippen LogP contribution in [-0.4, -0.2) is 71.8 Å². The standard InChI is InChI=1S/C24H35ClN4O3/c1-18(2)14-26-20(30)15-28-17-29(19-8-6-5-7-9-19)24(22(28)32)10-12-27(13-11-24)21(31)23(3,4)16-25/h5-9,18H,10-17H2,1-4H3,(H,26,30). The van der Waals surface area contributed by atoms with Crippen LogP contribution in [0.2, 0.25) is 0 Å². The molecule has 32 heavy (non-hydrogen) atoms. The first-order valence-corrected chi connectivity index (χ1v) is 11.9. The third-order valence-electron chi connectivity index (χ3n) is 6.41. The van der Waals surface area contributed by atoms with Crippen LogP contribution in [0.15, 0.2) is 30.3 Å². The number of benzene rings is 1. The van der Waals surface area contributed by atoms with E-state index in [4.69, 9.17) is 11.6 Å². The van der Waals surface area contributed by atoms with Crippen molar-refractivity contribution < 1.29 is 14.4 Å². The first-order chi connectivity index (χ1) is 15.1. The van der Waals surface area contributed by atoms with Crippen LogP contribution in [0.3, 0.4) is 0 Å². The number of hydrogen-bond donors (Lipinski definition) is 1. The van der Waals surface area contributed by atoms with Crippen LogP contribution in [0.5, 0.6) is 0 Å². The molecule has 0 radical (unpaired) electrons. The first-order valence-electron chi connectivity index (χ1n) is 11.3. The van der Waals surface area contributed by atoms with Gasteiger partial charge in [0.05, 0.1) is 12.1 Å². The maximum atomic E-state index is 13.6. The summed E-state index contributed by atoms with van der Waals surface area (Å²) in [5.41, 5.74) is -0.431. The van der Waals surface area contributed by atoms with Gasteiger partial charge in [-0.05, 0) is 44.7 Å². The Bertz CT molecular complexity index is 835. The molecule has 0 bridgehead atoms. The van der Waals surface area contributed by atoms with Gasteiger partial charge in [-0.1, -0.05) is 32.0 Å². The van der Waals surface area contributed by atoms with Crippen LogP contribution >= 0.6 is 11.6 Å². The fourth-order valence-corrected chi connectivity index (χ4v) is 4.55. The van der Waals surface area contributed by atoms with Crippen molar-refractivity contribution in [1.29, 1.82) is 0 Å². The minimum absolute atomic E-state index is 0.0176. The van der Waals surface area contributed by atoms with E-state index in [0.29, 0.717) is 45.1 Å². The predicted molar refractivity (Wildman–Crippen MR) is 126 cm³/mol. The van der Waals surface area contributed by atoms with Crippen molar-refractivity contribution >= 4 is 35.0 Å². The number of nitrogens with zero attached hydrogens (tertiary/aromatic N) is 3. The SMILES string of the molecule is CC(C)CNC(=O)CN1CN(c2ccccc2)C2(CCN(C(=O)C(C)(C)CCl)CC2)C1=O. The number of anilines is 1. The summed E-state index contributed by atoms with van der Waals surface area (Å²) in [5.74, 6) is 0.434. The van der Waals surface area contributed by atoms with Crippen molar-refractivity contribution in [3.63, 3.8) is 0 Å². The molecule has 2 saturated heterocycles. The van der Waals surface area contributed by atoms with E-state index in [1.807, 2.05) is 62.9 Å². The molecule has 0 atom stereocenters. The third kappa shape index (κ3) is 4.87.